The summed E-state index contributed by atoms with van der Waals surface area (Å²) in [5.74, 6) is 0. The van der Waals surface area contributed by atoms with Crippen molar-refractivity contribution in [1.82, 2.24) is 0 Å². The topological polar surface area (TPSA) is 55.0 Å². The van der Waals surface area contributed by atoms with Gasteiger partial charge in [-0.3, -0.25) is 0 Å². The van der Waals surface area contributed by atoms with E-state index < -0.39 is 0 Å². The molecule has 0 amide bonds. The normalized spacial score (nSPS) is 13.2. The number of hydrogen-bond acceptors (Lipinski definition) is 2. The number of nitrogen functional groups attached to an aromatic ring is 2. The Balaban J connectivity index is 2.16. The third-order valence-corrected chi connectivity index (χ3v) is 4.07. The van der Waals surface area contributed by atoms with Crippen molar-refractivity contribution < 1.29 is 4.58 Å². The Kier molecular flexibility index (Phi) is 4.34. The maximum absolute atomic E-state index is 5.85. The number of benzene rings is 2. The van der Waals surface area contributed by atoms with Crippen LogP contribution in [-0.2, 0) is 0 Å². The highest BCUT2D eigenvalue weighted by molar-refractivity contribution is 6.03. The quantitative estimate of drug-likeness (QED) is 0.658. The lowest BCUT2D eigenvalue weighted by Crippen LogP contribution is -2.10. The molecule has 0 saturated carbocycles. The summed E-state index contributed by atoms with van der Waals surface area (Å²) in [6.07, 6.45) is 8.56. The standard InChI is InChI=1S/C21H21N3/c1-24(2)20-13-7-17(8-14-20)21(15-3-9-18(22)10-4-15)16-5-11-19(23)12-6-16/h3-14H,1-2H3,(H3,22,23)/p+1. The maximum atomic E-state index is 5.85. The van der Waals surface area contributed by atoms with Crippen LogP contribution in [0.25, 0.3) is 5.57 Å². The number of hydrogen-bond donors (Lipinski definition) is 2. The minimum atomic E-state index is 0.762. The van der Waals surface area contributed by atoms with E-state index >= 15 is 0 Å². The lowest BCUT2D eigenvalue weighted by atomic mass is 9.90. The third kappa shape index (κ3) is 3.30. The molecule has 2 aromatic rings. The largest absolute Gasteiger partial charge is 0.399 e. The van der Waals surface area contributed by atoms with Crippen molar-refractivity contribution in [1.29, 1.82) is 0 Å². The zero-order valence-electron chi connectivity index (χ0n) is 14.0. The van der Waals surface area contributed by atoms with Gasteiger partial charge in [-0.2, -0.15) is 0 Å². The molecular weight excluding hydrogens is 294 g/mol. The second-order valence-corrected chi connectivity index (χ2v) is 6.06. The Morgan fingerprint density at radius 1 is 0.667 bits per heavy atom. The van der Waals surface area contributed by atoms with Gasteiger partial charge in [-0.15, -0.1) is 0 Å². The van der Waals surface area contributed by atoms with Crippen LogP contribution < -0.4 is 11.5 Å². The van der Waals surface area contributed by atoms with Crippen molar-refractivity contribution in [3.63, 3.8) is 0 Å². The van der Waals surface area contributed by atoms with E-state index in [-0.39, 0.29) is 0 Å². The fourth-order valence-electron chi connectivity index (χ4n) is 2.73. The third-order valence-electron chi connectivity index (χ3n) is 4.07. The van der Waals surface area contributed by atoms with Crippen LogP contribution in [-0.4, -0.2) is 24.4 Å². The molecule has 0 spiro atoms. The predicted octanol–water partition coefficient (Wildman–Crippen LogP) is 3.49. The Bertz CT molecular complexity index is 795. The van der Waals surface area contributed by atoms with Crippen molar-refractivity contribution in [2.45, 2.75) is 0 Å². The van der Waals surface area contributed by atoms with E-state index in [2.05, 4.69) is 53.1 Å². The number of anilines is 2. The van der Waals surface area contributed by atoms with Crippen LogP contribution in [0.2, 0.25) is 0 Å². The van der Waals surface area contributed by atoms with Gasteiger partial charge < -0.3 is 11.5 Å². The first kappa shape index (κ1) is 15.8. The van der Waals surface area contributed by atoms with Crippen LogP contribution in [0.15, 0.2) is 78.4 Å². The number of allylic oxidation sites excluding steroid dienone is 5. The van der Waals surface area contributed by atoms with Gasteiger partial charge in [-0.1, -0.05) is 24.3 Å². The summed E-state index contributed by atoms with van der Waals surface area (Å²) in [6, 6.07) is 16.0. The second-order valence-electron chi connectivity index (χ2n) is 6.06. The van der Waals surface area contributed by atoms with Crippen LogP contribution in [0.3, 0.4) is 0 Å². The molecule has 0 saturated heterocycles. The molecule has 1 aliphatic rings. The molecule has 0 unspecified atom stereocenters. The molecule has 3 rings (SSSR count). The van der Waals surface area contributed by atoms with Gasteiger partial charge in [-0.25, -0.2) is 4.58 Å². The van der Waals surface area contributed by atoms with Gasteiger partial charge >= 0.3 is 0 Å². The first-order valence-electron chi connectivity index (χ1n) is 7.91. The van der Waals surface area contributed by atoms with Crippen molar-refractivity contribution in [3.8, 4) is 0 Å². The zero-order valence-corrected chi connectivity index (χ0v) is 14.0. The van der Waals surface area contributed by atoms with Gasteiger partial charge in [-0.05, 0) is 58.7 Å². The van der Waals surface area contributed by atoms with Crippen molar-refractivity contribution in [3.05, 3.63) is 89.5 Å². The molecule has 4 N–H and O–H groups in total. The van der Waals surface area contributed by atoms with Gasteiger partial charge in [0.15, 0.2) is 5.71 Å². The maximum Gasteiger partial charge on any atom is 0.199 e. The summed E-state index contributed by atoms with van der Waals surface area (Å²) < 4.78 is 2.09. The van der Waals surface area contributed by atoms with Gasteiger partial charge in [0.2, 0.25) is 0 Å². The van der Waals surface area contributed by atoms with E-state index in [1.165, 1.54) is 11.3 Å². The van der Waals surface area contributed by atoms with E-state index in [1.807, 2.05) is 38.4 Å². The molecule has 24 heavy (non-hydrogen) atoms. The van der Waals surface area contributed by atoms with Crippen LogP contribution in [0.5, 0.6) is 0 Å². The van der Waals surface area contributed by atoms with Gasteiger partial charge in [0, 0.05) is 23.5 Å². The van der Waals surface area contributed by atoms with Gasteiger partial charge in [0.05, 0.1) is 0 Å². The Morgan fingerprint density at radius 3 is 1.46 bits per heavy atom. The summed E-state index contributed by atoms with van der Waals surface area (Å²) in [5.41, 5.74) is 19.0. The molecule has 0 heterocycles. The molecule has 0 bridgehead atoms. The molecule has 3 heteroatoms. The van der Waals surface area contributed by atoms with Crippen molar-refractivity contribution in [2.24, 2.45) is 0 Å². The fraction of sp³-hybridized carbons (Fsp3) is 0.0952. The van der Waals surface area contributed by atoms with Crippen molar-refractivity contribution >= 4 is 22.7 Å². The summed E-state index contributed by atoms with van der Waals surface area (Å²) in [7, 11) is 4.08. The Hall–Kier alpha value is -3.07. The first-order valence-corrected chi connectivity index (χ1v) is 7.91. The molecule has 0 radical (unpaired) electrons. The van der Waals surface area contributed by atoms with Crippen LogP contribution in [0, 0.1) is 0 Å². The van der Waals surface area contributed by atoms with Crippen LogP contribution in [0.1, 0.15) is 11.1 Å². The van der Waals surface area contributed by atoms with Crippen molar-refractivity contribution in [2.75, 3.05) is 25.6 Å². The van der Waals surface area contributed by atoms with E-state index in [4.69, 9.17) is 11.5 Å². The molecule has 0 aromatic heterocycles. The van der Waals surface area contributed by atoms with E-state index in [9.17, 15) is 0 Å². The minimum absolute atomic E-state index is 0.762. The molecule has 1 aliphatic carbocycles. The summed E-state index contributed by atoms with van der Waals surface area (Å²) in [6.45, 7) is 0. The summed E-state index contributed by atoms with van der Waals surface area (Å²) >= 11 is 0. The highest BCUT2D eigenvalue weighted by Gasteiger charge is 2.12. The average Bonchev–Trinajstić information content (AvgIpc) is 2.59. The lowest BCUT2D eigenvalue weighted by molar-refractivity contribution is -0.462. The zero-order chi connectivity index (χ0) is 17.1. The number of rotatable bonds is 2. The SMILES string of the molecule is C[N+](C)=C1C=CC(=C(c2ccc(N)cc2)c2ccc(N)cc2)C=C1. The molecule has 0 fully saturated rings. The first-order chi connectivity index (χ1) is 11.5. The number of nitrogens with two attached hydrogens (primary N) is 2. The smallest absolute Gasteiger partial charge is 0.199 e. The van der Waals surface area contributed by atoms with E-state index in [1.54, 1.807) is 0 Å². The molecule has 120 valence electrons. The Morgan fingerprint density at radius 2 is 1.08 bits per heavy atom. The molecular formula is C21H22N3+. The fourth-order valence-corrected chi connectivity index (χ4v) is 2.73. The van der Waals surface area contributed by atoms with Crippen LogP contribution >= 0.6 is 0 Å². The second kappa shape index (κ2) is 6.59. The molecule has 2 aromatic carbocycles. The highest BCUT2D eigenvalue weighted by Crippen LogP contribution is 2.30. The molecule has 3 nitrogen and oxygen atoms in total. The average molecular weight is 316 g/mol. The Labute approximate surface area is 142 Å². The molecule has 0 atom stereocenters. The number of nitrogens with zero attached hydrogens (tertiary/aromatic N) is 1. The monoisotopic (exact) mass is 316 g/mol. The minimum Gasteiger partial charge on any atom is -0.399 e. The summed E-state index contributed by atoms with van der Waals surface area (Å²) in [5, 5.41) is 0. The van der Waals surface area contributed by atoms with Gasteiger partial charge in [0.25, 0.3) is 0 Å². The summed E-state index contributed by atoms with van der Waals surface area (Å²) in [4.78, 5) is 0. The van der Waals surface area contributed by atoms with Crippen LogP contribution in [0.4, 0.5) is 11.4 Å². The van der Waals surface area contributed by atoms with E-state index in [0.717, 1.165) is 28.1 Å². The van der Waals surface area contributed by atoms with E-state index in [0.29, 0.717) is 0 Å². The highest BCUT2D eigenvalue weighted by atomic mass is 14.9. The predicted molar refractivity (Wildman–Crippen MR) is 103 cm³/mol. The molecule has 0 aliphatic heterocycles. The van der Waals surface area contributed by atoms with Gasteiger partial charge in [0.1, 0.15) is 14.1 Å². The lowest BCUT2D eigenvalue weighted by Gasteiger charge is -2.14.